The number of nitrogen functional groups attached to an aromatic ring is 1. The molecule has 1 aromatic carbocycles. The minimum absolute atomic E-state index is 0.165. The first kappa shape index (κ1) is 16.6. The molecule has 9 heteroatoms. The van der Waals surface area contributed by atoms with Gasteiger partial charge in [0.25, 0.3) is 0 Å². The largest absolute Gasteiger partial charge is 0.492 e. The van der Waals surface area contributed by atoms with Gasteiger partial charge >= 0.3 is 0 Å². The van der Waals surface area contributed by atoms with Crippen LogP contribution in [0.1, 0.15) is 6.92 Å². The summed E-state index contributed by atoms with van der Waals surface area (Å²) in [5.41, 5.74) is 3.70. The maximum Gasteiger partial charge on any atom is 0.240 e. The number of aliphatic hydroxyl groups excluding tert-OH is 1. The molecular formula is C11H17FN2O5S. The van der Waals surface area contributed by atoms with Crippen molar-refractivity contribution in [2.45, 2.75) is 17.4 Å². The third-order valence-electron chi connectivity index (χ3n) is 2.54. The number of nitrogens with one attached hydrogen (secondary N) is 1. The Morgan fingerprint density at radius 3 is 2.55 bits per heavy atom. The standard InChI is InChI=1S/C11H17FN2O5S/c1-11(16,6-15)5-14-20(17,18)7-3-8(12)10(19-2)9(13)4-7/h3-4,14-16H,5-6,13H2,1-2H3. The van der Waals surface area contributed by atoms with Crippen molar-refractivity contribution in [3.8, 4) is 5.75 Å². The quantitative estimate of drug-likeness (QED) is 0.523. The van der Waals surface area contributed by atoms with Crippen molar-refractivity contribution in [1.29, 1.82) is 0 Å². The maximum absolute atomic E-state index is 13.6. The van der Waals surface area contributed by atoms with Crippen LogP contribution in [0.3, 0.4) is 0 Å². The first-order chi connectivity index (χ1) is 9.13. The molecule has 0 radical (unpaired) electrons. The summed E-state index contributed by atoms with van der Waals surface area (Å²) in [7, 11) is -2.86. The van der Waals surface area contributed by atoms with Gasteiger partial charge in [0.15, 0.2) is 11.6 Å². The van der Waals surface area contributed by atoms with E-state index in [-0.39, 0.29) is 11.4 Å². The van der Waals surface area contributed by atoms with E-state index in [0.717, 1.165) is 12.1 Å². The predicted molar refractivity (Wildman–Crippen MR) is 70.3 cm³/mol. The third-order valence-corrected chi connectivity index (χ3v) is 3.92. The van der Waals surface area contributed by atoms with Gasteiger partial charge in [-0.3, -0.25) is 0 Å². The molecule has 5 N–H and O–H groups in total. The van der Waals surface area contributed by atoms with Crippen LogP contribution in [0.15, 0.2) is 17.0 Å². The van der Waals surface area contributed by atoms with Crippen LogP contribution in [0.4, 0.5) is 10.1 Å². The zero-order valence-corrected chi connectivity index (χ0v) is 11.9. The Labute approximate surface area is 116 Å². The summed E-state index contributed by atoms with van der Waals surface area (Å²) in [5.74, 6) is -1.16. The van der Waals surface area contributed by atoms with Crippen molar-refractivity contribution in [3.05, 3.63) is 17.9 Å². The summed E-state index contributed by atoms with van der Waals surface area (Å²) in [4.78, 5) is -0.401. The van der Waals surface area contributed by atoms with Crippen LogP contribution in [0, 0.1) is 5.82 Å². The van der Waals surface area contributed by atoms with Crippen molar-refractivity contribution in [3.63, 3.8) is 0 Å². The van der Waals surface area contributed by atoms with Gasteiger partial charge in [-0.25, -0.2) is 17.5 Å². The van der Waals surface area contributed by atoms with E-state index < -0.39 is 39.5 Å². The van der Waals surface area contributed by atoms with Crippen LogP contribution in [0.5, 0.6) is 5.75 Å². The van der Waals surface area contributed by atoms with Crippen LogP contribution < -0.4 is 15.2 Å². The molecule has 114 valence electrons. The van der Waals surface area contributed by atoms with Gasteiger partial charge in [0, 0.05) is 6.54 Å². The lowest BCUT2D eigenvalue weighted by atomic mass is 10.1. The van der Waals surface area contributed by atoms with E-state index in [4.69, 9.17) is 10.8 Å². The summed E-state index contributed by atoms with van der Waals surface area (Å²) < 4.78 is 44.2. The van der Waals surface area contributed by atoms with Crippen molar-refractivity contribution in [2.75, 3.05) is 26.0 Å². The highest BCUT2D eigenvalue weighted by molar-refractivity contribution is 7.89. The van der Waals surface area contributed by atoms with Crippen LogP contribution >= 0.6 is 0 Å². The Morgan fingerprint density at radius 2 is 2.10 bits per heavy atom. The average molecular weight is 308 g/mol. The van der Waals surface area contributed by atoms with E-state index in [1.165, 1.54) is 14.0 Å². The van der Waals surface area contributed by atoms with E-state index >= 15 is 0 Å². The Hall–Kier alpha value is -1.42. The van der Waals surface area contributed by atoms with E-state index in [1.807, 2.05) is 0 Å². The molecule has 0 aromatic heterocycles. The molecule has 0 fully saturated rings. The second-order valence-electron chi connectivity index (χ2n) is 4.51. The lowest BCUT2D eigenvalue weighted by Crippen LogP contribution is -2.43. The zero-order valence-electron chi connectivity index (χ0n) is 11.1. The number of methoxy groups -OCH3 is 1. The van der Waals surface area contributed by atoms with Crippen LogP contribution in [-0.2, 0) is 10.0 Å². The molecule has 0 aliphatic rings. The van der Waals surface area contributed by atoms with Gasteiger partial charge in [0.2, 0.25) is 10.0 Å². The van der Waals surface area contributed by atoms with Gasteiger partial charge in [0.05, 0.1) is 29.9 Å². The second kappa shape index (κ2) is 5.92. The lowest BCUT2D eigenvalue weighted by molar-refractivity contribution is 0.00681. The van der Waals surface area contributed by atoms with Crippen molar-refractivity contribution < 1.29 is 27.8 Å². The van der Waals surface area contributed by atoms with E-state index in [1.54, 1.807) is 0 Å². The minimum Gasteiger partial charge on any atom is -0.492 e. The number of hydrogen-bond acceptors (Lipinski definition) is 6. The topological polar surface area (TPSA) is 122 Å². The molecule has 1 unspecified atom stereocenters. The highest BCUT2D eigenvalue weighted by Gasteiger charge is 2.24. The first-order valence-electron chi connectivity index (χ1n) is 5.59. The van der Waals surface area contributed by atoms with Crippen LogP contribution in [-0.4, -0.2) is 44.5 Å². The molecular weight excluding hydrogens is 291 g/mol. The number of benzene rings is 1. The Bertz CT molecular complexity index is 565. The molecule has 0 aliphatic heterocycles. The zero-order chi connectivity index (χ0) is 15.6. The number of sulfonamides is 1. The predicted octanol–water partition coefficient (Wildman–Crippen LogP) is -0.562. The Balaban J connectivity index is 3.05. The van der Waals surface area contributed by atoms with E-state index in [9.17, 15) is 17.9 Å². The number of nitrogens with two attached hydrogens (primary N) is 1. The average Bonchev–Trinajstić information content (AvgIpc) is 2.36. The molecule has 0 amide bonds. The normalized spacial score (nSPS) is 14.8. The van der Waals surface area contributed by atoms with Crippen LogP contribution in [0.25, 0.3) is 0 Å². The van der Waals surface area contributed by atoms with Crippen molar-refractivity contribution >= 4 is 15.7 Å². The SMILES string of the molecule is COc1c(N)cc(S(=O)(=O)NCC(C)(O)CO)cc1F. The number of rotatable bonds is 6. The number of halogens is 1. The van der Waals surface area contributed by atoms with Crippen molar-refractivity contribution in [1.82, 2.24) is 4.72 Å². The first-order valence-corrected chi connectivity index (χ1v) is 7.07. The monoisotopic (exact) mass is 308 g/mol. The fourth-order valence-corrected chi connectivity index (χ4v) is 2.56. The molecule has 0 saturated carbocycles. The maximum atomic E-state index is 13.6. The van der Waals surface area contributed by atoms with E-state index in [0.29, 0.717) is 0 Å². The lowest BCUT2D eigenvalue weighted by Gasteiger charge is -2.20. The van der Waals surface area contributed by atoms with Crippen molar-refractivity contribution in [2.24, 2.45) is 0 Å². The molecule has 0 heterocycles. The molecule has 1 aromatic rings. The van der Waals surface area contributed by atoms with Gasteiger partial charge in [-0.2, -0.15) is 0 Å². The molecule has 1 rings (SSSR count). The number of anilines is 1. The van der Waals surface area contributed by atoms with Gasteiger partial charge in [-0.15, -0.1) is 0 Å². The highest BCUT2D eigenvalue weighted by Crippen LogP contribution is 2.28. The molecule has 0 aliphatic carbocycles. The molecule has 20 heavy (non-hydrogen) atoms. The summed E-state index contributed by atoms with van der Waals surface area (Å²) >= 11 is 0. The van der Waals surface area contributed by atoms with Gasteiger partial charge in [0.1, 0.15) is 0 Å². The number of ether oxygens (including phenoxy) is 1. The Kier molecular flexibility index (Phi) is 4.92. The third kappa shape index (κ3) is 3.79. The fourth-order valence-electron chi connectivity index (χ4n) is 1.35. The summed E-state index contributed by atoms with van der Waals surface area (Å²) in [5, 5.41) is 18.4. The number of hydrogen-bond donors (Lipinski definition) is 4. The fraction of sp³-hybridized carbons (Fsp3) is 0.455. The molecule has 0 saturated heterocycles. The molecule has 0 bridgehead atoms. The summed E-state index contributed by atoms with van der Waals surface area (Å²) in [6, 6.07) is 1.79. The van der Waals surface area contributed by atoms with E-state index in [2.05, 4.69) is 9.46 Å². The minimum atomic E-state index is -4.07. The molecule has 0 spiro atoms. The second-order valence-corrected chi connectivity index (χ2v) is 6.27. The summed E-state index contributed by atoms with van der Waals surface area (Å²) in [6.07, 6.45) is 0. The highest BCUT2D eigenvalue weighted by atomic mass is 32.2. The van der Waals surface area contributed by atoms with Crippen LogP contribution in [0.2, 0.25) is 0 Å². The molecule has 7 nitrogen and oxygen atoms in total. The number of aliphatic hydroxyl groups is 2. The van der Waals surface area contributed by atoms with Gasteiger partial charge in [-0.1, -0.05) is 0 Å². The Morgan fingerprint density at radius 1 is 1.50 bits per heavy atom. The molecule has 1 atom stereocenters. The smallest absolute Gasteiger partial charge is 0.240 e. The van der Waals surface area contributed by atoms with Gasteiger partial charge < -0.3 is 20.7 Å². The van der Waals surface area contributed by atoms with Gasteiger partial charge in [-0.05, 0) is 19.1 Å². The summed E-state index contributed by atoms with van der Waals surface area (Å²) in [6.45, 7) is 0.187.